The number of benzene rings is 2. The Kier molecular flexibility index (Phi) is 8.80. The van der Waals surface area contributed by atoms with Crippen molar-refractivity contribution in [1.82, 2.24) is 19.5 Å². The monoisotopic (exact) mass is 620 g/mol. The van der Waals surface area contributed by atoms with E-state index in [1.165, 1.54) is 12.1 Å². The van der Waals surface area contributed by atoms with Gasteiger partial charge in [-0.1, -0.05) is 29.8 Å². The number of fused-ring (bicyclic) bond motifs is 2. The van der Waals surface area contributed by atoms with Gasteiger partial charge in [-0.05, 0) is 68.1 Å². The van der Waals surface area contributed by atoms with Gasteiger partial charge in [0.05, 0.1) is 39.1 Å². The number of carbonyl (C=O) groups is 2. The van der Waals surface area contributed by atoms with E-state index in [2.05, 4.69) is 21.8 Å². The first-order valence-corrected chi connectivity index (χ1v) is 15.3. The van der Waals surface area contributed by atoms with E-state index in [1.807, 2.05) is 54.2 Å². The molecule has 2 N–H and O–H groups in total. The molecule has 3 aromatic heterocycles. The van der Waals surface area contributed by atoms with Gasteiger partial charge in [-0.25, -0.2) is 0 Å². The highest BCUT2D eigenvalue weighted by Crippen LogP contribution is 2.36. The number of hydrogen-bond acceptors (Lipinski definition) is 6. The Morgan fingerprint density at radius 1 is 1.11 bits per heavy atom. The number of nitrogens with one attached hydrogen (secondary N) is 2. The highest BCUT2D eigenvalue weighted by Gasteiger charge is 2.21. The Morgan fingerprint density at radius 3 is 2.71 bits per heavy atom. The van der Waals surface area contributed by atoms with Gasteiger partial charge >= 0.3 is 0 Å². The first kappa shape index (κ1) is 30.3. The van der Waals surface area contributed by atoms with Crippen molar-refractivity contribution in [1.29, 1.82) is 5.26 Å². The Labute approximate surface area is 266 Å². The predicted molar refractivity (Wildman–Crippen MR) is 176 cm³/mol. The summed E-state index contributed by atoms with van der Waals surface area (Å²) in [4.78, 5) is 26.3. The third-order valence-electron chi connectivity index (χ3n) is 8.41. The van der Waals surface area contributed by atoms with Crippen molar-refractivity contribution in [3.8, 4) is 17.2 Å². The van der Waals surface area contributed by atoms with Crippen LogP contribution in [0, 0.1) is 11.3 Å². The van der Waals surface area contributed by atoms with Gasteiger partial charge in [0.1, 0.15) is 6.07 Å². The zero-order valence-electron chi connectivity index (χ0n) is 25.1. The molecule has 1 fully saturated rings. The first-order valence-electron chi connectivity index (χ1n) is 14.9. The van der Waals surface area contributed by atoms with Crippen LogP contribution in [-0.4, -0.2) is 51.7 Å². The molecule has 0 radical (unpaired) electrons. The number of pyridine rings is 1. The number of aryl methyl sites for hydroxylation is 1. The van der Waals surface area contributed by atoms with E-state index in [4.69, 9.17) is 16.3 Å². The number of amides is 1. The van der Waals surface area contributed by atoms with Gasteiger partial charge in [0.25, 0.3) is 0 Å². The van der Waals surface area contributed by atoms with Crippen LogP contribution in [0.25, 0.3) is 27.5 Å². The number of carbonyl (C=O) groups excluding carboxylic acids is 2. The molecule has 45 heavy (non-hydrogen) atoms. The van der Waals surface area contributed by atoms with Crippen LogP contribution in [0.4, 0.5) is 5.69 Å². The number of nitriles is 1. The summed E-state index contributed by atoms with van der Waals surface area (Å²) in [5.74, 6) is -0.593. The highest BCUT2D eigenvalue weighted by atomic mass is 35.5. The minimum Gasteiger partial charge on any atom is -0.381 e. The van der Waals surface area contributed by atoms with Crippen molar-refractivity contribution >= 4 is 45.4 Å². The summed E-state index contributed by atoms with van der Waals surface area (Å²) in [5.41, 5.74) is 4.67. The van der Waals surface area contributed by atoms with Gasteiger partial charge in [-0.3, -0.25) is 14.3 Å². The topological polar surface area (TPSA) is 113 Å². The number of nitrogens with zero attached hydrogens (tertiary/aromatic N) is 4. The third kappa shape index (κ3) is 6.26. The molecule has 5 aromatic rings. The summed E-state index contributed by atoms with van der Waals surface area (Å²) in [7, 11) is 3.61. The highest BCUT2D eigenvalue weighted by molar-refractivity contribution is 6.38. The molecule has 1 aliphatic rings. The molecule has 0 saturated heterocycles. The number of methoxy groups -OCH3 is 1. The Hall–Kier alpha value is -4.75. The van der Waals surface area contributed by atoms with Gasteiger partial charge in [0.15, 0.2) is 0 Å². The summed E-state index contributed by atoms with van der Waals surface area (Å²) >= 11 is 6.81. The van der Waals surface area contributed by atoms with Crippen molar-refractivity contribution in [3.05, 3.63) is 101 Å². The molecule has 0 atom stereocenters. The molecule has 0 spiro atoms. The summed E-state index contributed by atoms with van der Waals surface area (Å²) in [5, 5.41) is 21.9. The van der Waals surface area contributed by atoms with Gasteiger partial charge in [0, 0.05) is 67.3 Å². The predicted octanol–water partition coefficient (Wildman–Crippen LogP) is 6.29. The molecular weight excluding hydrogens is 588 g/mol. The number of aromatic nitrogens is 3. The average Bonchev–Trinajstić information content (AvgIpc) is 3.67. The molecule has 0 aliphatic heterocycles. The normalized spacial score (nSPS) is 16.8. The van der Waals surface area contributed by atoms with E-state index in [1.54, 1.807) is 36.1 Å². The van der Waals surface area contributed by atoms with E-state index < -0.39 is 0 Å². The molecule has 6 rings (SSSR count). The zero-order valence-corrected chi connectivity index (χ0v) is 25.8. The molecule has 1 amide bonds. The summed E-state index contributed by atoms with van der Waals surface area (Å²) < 4.78 is 8.97. The lowest BCUT2D eigenvalue weighted by molar-refractivity contribution is -0.111. The molecule has 1 saturated carbocycles. The molecule has 0 unspecified atom stereocenters. The Balaban J connectivity index is 1.16. The second-order valence-electron chi connectivity index (χ2n) is 11.3. The summed E-state index contributed by atoms with van der Waals surface area (Å²) in [6, 6.07) is 18.6. The van der Waals surface area contributed by atoms with E-state index in [9.17, 15) is 14.9 Å². The first-order chi connectivity index (χ1) is 21.9. The van der Waals surface area contributed by atoms with Gasteiger partial charge in [-0.2, -0.15) is 10.4 Å². The molecular formula is C35H33ClN6O3. The van der Waals surface area contributed by atoms with Crippen LogP contribution in [0.15, 0.2) is 79.1 Å². The Bertz CT molecular complexity index is 1980. The van der Waals surface area contributed by atoms with E-state index in [-0.39, 0.29) is 17.3 Å². The lowest BCUT2D eigenvalue weighted by Crippen LogP contribution is -2.35. The van der Waals surface area contributed by atoms with E-state index in [0.717, 1.165) is 53.2 Å². The van der Waals surface area contributed by atoms with Crippen LogP contribution < -0.4 is 10.6 Å². The average molecular weight is 621 g/mol. The van der Waals surface area contributed by atoms with Crippen molar-refractivity contribution in [2.75, 3.05) is 19.0 Å². The molecule has 9 nitrogen and oxygen atoms in total. The van der Waals surface area contributed by atoms with Crippen molar-refractivity contribution in [2.24, 2.45) is 7.05 Å². The van der Waals surface area contributed by atoms with Gasteiger partial charge in [-0.15, -0.1) is 0 Å². The second kappa shape index (κ2) is 13.1. The van der Waals surface area contributed by atoms with Crippen LogP contribution in [0.5, 0.6) is 0 Å². The fourth-order valence-corrected chi connectivity index (χ4v) is 6.36. The van der Waals surface area contributed by atoms with E-state index in [0.29, 0.717) is 40.7 Å². The van der Waals surface area contributed by atoms with Gasteiger partial charge in [0.2, 0.25) is 11.7 Å². The maximum absolute atomic E-state index is 13.7. The minimum atomic E-state index is -0.344. The van der Waals surface area contributed by atoms with Gasteiger partial charge < -0.3 is 19.8 Å². The quantitative estimate of drug-likeness (QED) is 0.148. The number of ketones is 1. The molecule has 1 aliphatic carbocycles. The number of halogens is 1. The zero-order chi connectivity index (χ0) is 31.5. The van der Waals surface area contributed by atoms with Crippen molar-refractivity contribution in [2.45, 2.75) is 37.8 Å². The van der Waals surface area contributed by atoms with Crippen LogP contribution in [0.3, 0.4) is 0 Å². The minimum absolute atomic E-state index is 0.203. The van der Waals surface area contributed by atoms with Crippen LogP contribution in [-0.2, 0) is 16.6 Å². The van der Waals surface area contributed by atoms with Crippen LogP contribution in [0.2, 0.25) is 5.02 Å². The third-order valence-corrected chi connectivity index (χ3v) is 8.82. The Morgan fingerprint density at radius 2 is 1.93 bits per heavy atom. The number of rotatable bonds is 9. The smallest absolute Gasteiger partial charge is 0.248 e. The van der Waals surface area contributed by atoms with Crippen LogP contribution in [0.1, 0.15) is 47.3 Å². The number of hydrogen-bond donors (Lipinski definition) is 2. The largest absolute Gasteiger partial charge is 0.381 e. The van der Waals surface area contributed by atoms with Crippen LogP contribution >= 0.6 is 11.6 Å². The molecule has 228 valence electrons. The summed E-state index contributed by atoms with van der Waals surface area (Å²) in [6.45, 7) is 0.575. The lowest BCUT2D eigenvalue weighted by Gasteiger charge is -2.27. The van der Waals surface area contributed by atoms with Crippen molar-refractivity contribution < 1.29 is 14.3 Å². The maximum Gasteiger partial charge on any atom is 0.248 e. The molecule has 0 bridgehead atoms. The fourth-order valence-electron chi connectivity index (χ4n) is 6.05. The SMILES string of the molecule is COC1CCC(NC/C=C/C(=O)Nc2ccc(C(=O)c3ccc4c(-c5ccc6nn(C)cc6c5Cl)cccn34)cc2C#N)CC1. The molecule has 2 aromatic carbocycles. The summed E-state index contributed by atoms with van der Waals surface area (Å²) in [6.07, 6.45) is 11.5. The standard InChI is InChI=1S/C35H33ClN6O3/c1-41-21-28-30(40-41)14-12-27(34(28)36)26-5-4-18-42-31(26)15-16-32(42)35(44)22-7-13-29(23(19-22)20-37)39-33(43)6-3-17-38-24-8-10-25(45-2)11-9-24/h3-7,12-16,18-19,21,24-25,38H,8-11,17H2,1-2H3,(H,39,43)/b6-3+. The number of anilines is 1. The van der Waals surface area contributed by atoms with Crippen molar-refractivity contribution in [3.63, 3.8) is 0 Å². The molecule has 10 heteroatoms. The fraction of sp³-hybridized carbons (Fsp3) is 0.257. The van der Waals surface area contributed by atoms with E-state index >= 15 is 0 Å². The second-order valence-corrected chi connectivity index (χ2v) is 11.6. The number of ether oxygens (including phenoxy) is 1. The maximum atomic E-state index is 13.7. The lowest BCUT2D eigenvalue weighted by atomic mass is 9.93. The molecule has 3 heterocycles.